The standard InChI is InChI=1S/C29H33N3O4/c1-4-13-28(14-5-2)24(17-25(28)33)32-29(6-3,27(34)35)18-20-7-9-22(10-8-20)36-26-23-19-30-15-11-21(23)12-16-31-26/h7-12,15-17,19,32H,4-6,13-14,18H2,1-3H3,(H,34,35)/t29-/m0/s1. The van der Waals surface area contributed by atoms with Crippen LogP contribution >= 0.6 is 0 Å². The summed E-state index contributed by atoms with van der Waals surface area (Å²) in [4.78, 5) is 33.7. The molecule has 0 bridgehead atoms. The molecule has 0 saturated heterocycles. The van der Waals surface area contributed by atoms with Crippen LogP contribution in [0.4, 0.5) is 0 Å². The van der Waals surface area contributed by atoms with Crippen molar-refractivity contribution in [2.45, 2.75) is 64.8 Å². The lowest BCUT2D eigenvalue weighted by Crippen LogP contribution is -2.58. The topological polar surface area (TPSA) is 101 Å². The van der Waals surface area contributed by atoms with Crippen LogP contribution in [0.5, 0.6) is 11.6 Å². The third kappa shape index (κ3) is 4.70. The summed E-state index contributed by atoms with van der Waals surface area (Å²) in [5, 5.41) is 15.4. The maximum atomic E-state index is 12.6. The lowest BCUT2D eigenvalue weighted by molar-refractivity contribution is -0.145. The Morgan fingerprint density at radius 3 is 2.36 bits per heavy atom. The van der Waals surface area contributed by atoms with E-state index in [9.17, 15) is 14.7 Å². The number of carboxylic acids is 1. The number of carbonyl (C=O) groups is 2. The van der Waals surface area contributed by atoms with Crippen LogP contribution < -0.4 is 10.1 Å². The van der Waals surface area contributed by atoms with Crippen LogP contribution in [-0.4, -0.2) is 32.4 Å². The maximum absolute atomic E-state index is 12.6. The number of carbonyl (C=O) groups excluding carboxylic acids is 1. The summed E-state index contributed by atoms with van der Waals surface area (Å²) >= 11 is 0. The lowest BCUT2D eigenvalue weighted by Gasteiger charge is -2.45. The smallest absolute Gasteiger partial charge is 0.329 e. The number of carboxylic acid groups (broad SMARTS) is 1. The van der Waals surface area contributed by atoms with Crippen molar-refractivity contribution >= 4 is 22.5 Å². The second-order valence-electron chi connectivity index (χ2n) is 9.51. The minimum atomic E-state index is -1.22. The number of ether oxygens (including phenoxy) is 1. The fraction of sp³-hybridized carbons (Fsp3) is 0.379. The van der Waals surface area contributed by atoms with Gasteiger partial charge in [0.25, 0.3) is 0 Å². The number of rotatable bonds is 12. The molecule has 2 N–H and O–H groups in total. The first kappa shape index (κ1) is 25.4. The fourth-order valence-electron chi connectivity index (χ4n) is 5.11. The minimum Gasteiger partial charge on any atom is -0.479 e. The van der Waals surface area contributed by atoms with Crippen molar-refractivity contribution in [3.63, 3.8) is 0 Å². The van der Waals surface area contributed by atoms with Gasteiger partial charge in [0.1, 0.15) is 11.3 Å². The van der Waals surface area contributed by atoms with Gasteiger partial charge in [-0.1, -0.05) is 45.7 Å². The van der Waals surface area contributed by atoms with Gasteiger partial charge in [-0.15, -0.1) is 0 Å². The molecule has 2 aromatic heterocycles. The summed E-state index contributed by atoms with van der Waals surface area (Å²) in [6.07, 6.45) is 10.5. The van der Waals surface area contributed by atoms with E-state index in [2.05, 4.69) is 29.1 Å². The van der Waals surface area contributed by atoms with Gasteiger partial charge in [-0.25, -0.2) is 9.78 Å². The zero-order valence-corrected chi connectivity index (χ0v) is 21.1. The summed E-state index contributed by atoms with van der Waals surface area (Å²) in [5.74, 6) is 0.237. The molecule has 0 aliphatic heterocycles. The highest BCUT2D eigenvalue weighted by Gasteiger charge is 2.50. The monoisotopic (exact) mass is 487 g/mol. The molecule has 3 aromatic rings. The van der Waals surface area contributed by atoms with Crippen molar-refractivity contribution in [2.24, 2.45) is 5.41 Å². The molecule has 0 amide bonds. The van der Waals surface area contributed by atoms with E-state index in [0.717, 1.165) is 47.7 Å². The van der Waals surface area contributed by atoms with E-state index < -0.39 is 16.9 Å². The second-order valence-corrected chi connectivity index (χ2v) is 9.51. The third-order valence-electron chi connectivity index (χ3n) is 7.18. The number of ketones is 1. The predicted molar refractivity (Wildman–Crippen MR) is 139 cm³/mol. The second kappa shape index (κ2) is 10.5. The summed E-state index contributed by atoms with van der Waals surface area (Å²) < 4.78 is 6.00. The van der Waals surface area contributed by atoms with Crippen LogP contribution in [0.15, 0.2) is 66.8 Å². The summed E-state index contributed by atoms with van der Waals surface area (Å²) in [6, 6.07) is 11.2. The van der Waals surface area contributed by atoms with E-state index in [0.29, 0.717) is 18.1 Å². The number of aromatic nitrogens is 2. The number of hydrogen-bond acceptors (Lipinski definition) is 6. The highest BCUT2D eigenvalue weighted by Crippen LogP contribution is 2.45. The van der Waals surface area contributed by atoms with Gasteiger partial charge in [0.05, 0.1) is 10.8 Å². The molecule has 1 atom stereocenters. The molecule has 2 heterocycles. The Morgan fingerprint density at radius 2 is 1.75 bits per heavy atom. The number of aliphatic carboxylic acids is 1. The van der Waals surface area contributed by atoms with Crippen LogP contribution in [-0.2, 0) is 16.0 Å². The first-order valence-corrected chi connectivity index (χ1v) is 12.6. The van der Waals surface area contributed by atoms with Crippen molar-refractivity contribution in [2.75, 3.05) is 0 Å². The quantitative estimate of drug-likeness (QED) is 0.331. The molecule has 188 valence electrons. The van der Waals surface area contributed by atoms with E-state index >= 15 is 0 Å². The molecule has 1 aromatic carbocycles. The van der Waals surface area contributed by atoms with Crippen molar-refractivity contribution in [3.05, 3.63) is 72.3 Å². The van der Waals surface area contributed by atoms with Gasteiger partial charge in [-0.2, -0.15) is 0 Å². The molecule has 0 radical (unpaired) electrons. The van der Waals surface area contributed by atoms with E-state index in [4.69, 9.17) is 4.74 Å². The van der Waals surface area contributed by atoms with Gasteiger partial charge in [-0.3, -0.25) is 9.78 Å². The van der Waals surface area contributed by atoms with Crippen molar-refractivity contribution in [1.82, 2.24) is 15.3 Å². The van der Waals surface area contributed by atoms with Gasteiger partial charge in [-0.05, 0) is 54.5 Å². The Bertz CT molecular complexity index is 1270. The number of pyridine rings is 2. The molecule has 0 spiro atoms. The fourth-order valence-corrected chi connectivity index (χ4v) is 5.11. The number of nitrogens with one attached hydrogen (secondary N) is 1. The molecule has 7 heteroatoms. The molecule has 36 heavy (non-hydrogen) atoms. The molecular weight excluding hydrogens is 454 g/mol. The first-order chi connectivity index (χ1) is 17.4. The van der Waals surface area contributed by atoms with Crippen molar-refractivity contribution < 1.29 is 19.4 Å². The highest BCUT2D eigenvalue weighted by atomic mass is 16.5. The van der Waals surface area contributed by atoms with E-state index in [1.165, 1.54) is 0 Å². The number of nitrogens with zero attached hydrogens (tertiary/aromatic N) is 2. The van der Waals surface area contributed by atoms with Crippen LogP contribution in [0.2, 0.25) is 0 Å². The zero-order chi connectivity index (χ0) is 25.8. The van der Waals surface area contributed by atoms with Crippen LogP contribution in [0.1, 0.15) is 58.4 Å². The minimum absolute atomic E-state index is 0.0999. The maximum Gasteiger partial charge on any atom is 0.329 e. The van der Waals surface area contributed by atoms with Crippen LogP contribution in [0.25, 0.3) is 10.8 Å². The Balaban J connectivity index is 1.54. The number of benzene rings is 1. The Morgan fingerprint density at radius 1 is 1.06 bits per heavy atom. The predicted octanol–water partition coefficient (Wildman–Crippen LogP) is 5.84. The molecule has 0 saturated carbocycles. The van der Waals surface area contributed by atoms with E-state index in [1.54, 1.807) is 24.7 Å². The number of allylic oxidation sites excluding steroid dienone is 2. The van der Waals surface area contributed by atoms with E-state index in [1.807, 2.05) is 43.3 Å². The summed E-state index contributed by atoms with van der Waals surface area (Å²) in [6.45, 7) is 5.97. The van der Waals surface area contributed by atoms with Gasteiger partial charge in [0.2, 0.25) is 5.88 Å². The first-order valence-electron chi connectivity index (χ1n) is 12.6. The van der Waals surface area contributed by atoms with Gasteiger partial charge < -0.3 is 15.2 Å². The summed E-state index contributed by atoms with van der Waals surface area (Å²) in [7, 11) is 0. The molecule has 1 aliphatic carbocycles. The van der Waals surface area contributed by atoms with E-state index in [-0.39, 0.29) is 12.2 Å². The normalized spacial score (nSPS) is 16.1. The molecule has 0 unspecified atom stereocenters. The van der Waals surface area contributed by atoms with Crippen LogP contribution in [0, 0.1) is 5.41 Å². The largest absolute Gasteiger partial charge is 0.479 e. The Kier molecular flexibility index (Phi) is 7.38. The number of fused-ring (bicyclic) bond motifs is 1. The van der Waals surface area contributed by atoms with Gasteiger partial charge in [0.15, 0.2) is 5.78 Å². The van der Waals surface area contributed by atoms with Crippen molar-refractivity contribution in [1.29, 1.82) is 0 Å². The lowest BCUT2D eigenvalue weighted by atomic mass is 9.65. The van der Waals surface area contributed by atoms with Gasteiger partial charge in [0, 0.05) is 36.8 Å². The number of hydrogen-bond donors (Lipinski definition) is 2. The molecular formula is C29H33N3O4. The third-order valence-corrected chi connectivity index (χ3v) is 7.18. The molecule has 1 aliphatic rings. The van der Waals surface area contributed by atoms with Crippen LogP contribution in [0.3, 0.4) is 0 Å². The molecule has 7 nitrogen and oxygen atoms in total. The average Bonchev–Trinajstić information content (AvgIpc) is 2.89. The average molecular weight is 488 g/mol. The Labute approximate surface area is 211 Å². The zero-order valence-electron chi connectivity index (χ0n) is 21.1. The van der Waals surface area contributed by atoms with Crippen molar-refractivity contribution in [3.8, 4) is 11.6 Å². The molecule has 4 rings (SSSR count). The SMILES string of the molecule is CCCC1(CCC)C(=O)C=C1N[C@@](CC)(Cc1ccc(Oc2nccc3ccncc23)cc1)C(=O)O. The highest BCUT2D eigenvalue weighted by molar-refractivity contribution is 6.05. The van der Waals surface area contributed by atoms with Gasteiger partial charge >= 0.3 is 5.97 Å². The Hall–Kier alpha value is -3.74. The summed E-state index contributed by atoms with van der Waals surface area (Å²) in [5.41, 5.74) is -0.187. The molecule has 0 fully saturated rings.